The molecule has 0 aliphatic rings. The number of amides is 2. The van der Waals surface area contributed by atoms with Gasteiger partial charge in [-0.15, -0.1) is 0 Å². The van der Waals surface area contributed by atoms with Crippen LogP contribution in [0.15, 0.2) is 48.5 Å². The van der Waals surface area contributed by atoms with Gasteiger partial charge in [-0.3, -0.25) is 14.9 Å². The Hall–Kier alpha value is -2.70. The van der Waals surface area contributed by atoms with Crippen molar-refractivity contribution in [2.45, 2.75) is 33.1 Å². The lowest BCUT2D eigenvalue weighted by atomic mass is 10.0. The summed E-state index contributed by atoms with van der Waals surface area (Å²) in [7, 11) is 0. The number of benzene rings is 2. The number of carbonyl (C=O) groups is 2. The highest BCUT2D eigenvalue weighted by Gasteiger charge is 2.08. The van der Waals surface area contributed by atoms with Crippen LogP contribution in [0.4, 0.5) is 11.4 Å². The number of anilines is 2. The van der Waals surface area contributed by atoms with Crippen molar-refractivity contribution in [1.82, 2.24) is 5.32 Å². The SMILES string of the molecule is CCC(=O)Nc1ccc(Cl)c(NC(=S)NC(=O)C=Cc2ccc(C(C)C)cc2)c1. The zero-order chi connectivity index (χ0) is 21.4. The number of hydrogen-bond acceptors (Lipinski definition) is 3. The van der Waals surface area contributed by atoms with Crippen LogP contribution >= 0.6 is 23.8 Å². The molecule has 0 aliphatic carbocycles. The molecule has 2 amide bonds. The van der Waals surface area contributed by atoms with Gasteiger partial charge in [0.1, 0.15) is 0 Å². The van der Waals surface area contributed by atoms with Gasteiger partial charge in [-0.1, -0.05) is 56.6 Å². The minimum absolute atomic E-state index is 0.107. The molecule has 152 valence electrons. The first-order valence-corrected chi connectivity index (χ1v) is 10.1. The van der Waals surface area contributed by atoms with E-state index in [4.69, 9.17) is 23.8 Å². The Morgan fingerprint density at radius 2 is 1.79 bits per heavy atom. The van der Waals surface area contributed by atoms with Crippen LogP contribution in [0, 0.1) is 0 Å². The maximum Gasteiger partial charge on any atom is 0.250 e. The fraction of sp³-hybridized carbons (Fsp3) is 0.227. The molecule has 2 rings (SSSR count). The molecular formula is C22H24ClN3O2S. The number of hydrogen-bond donors (Lipinski definition) is 3. The fourth-order valence-electron chi connectivity index (χ4n) is 2.42. The van der Waals surface area contributed by atoms with E-state index in [0.717, 1.165) is 5.56 Å². The van der Waals surface area contributed by atoms with Crippen molar-refractivity contribution in [3.63, 3.8) is 0 Å². The predicted octanol–water partition coefficient (Wildman–Crippen LogP) is 5.34. The molecule has 0 saturated carbocycles. The lowest BCUT2D eigenvalue weighted by molar-refractivity contribution is -0.116. The molecular weight excluding hydrogens is 406 g/mol. The van der Waals surface area contributed by atoms with Crippen molar-refractivity contribution in [3.8, 4) is 0 Å². The summed E-state index contributed by atoms with van der Waals surface area (Å²) in [5.41, 5.74) is 3.23. The highest BCUT2D eigenvalue weighted by molar-refractivity contribution is 7.80. The topological polar surface area (TPSA) is 70.2 Å². The molecule has 29 heavy (non-hydrogen) atoms. The number of halogens is 1. The van der Waals surface area contributed by atoms with Gasteiger partial charge in [-0.2, -0.15) is 0 Å². The summed E-state index contributed by atoms with van der Waals surface area (Å²) in [6.07, 6.45) is 3.50. The average Bonchev–Trinajstić information content (AvgIpc) is 2.69. The molecule has 7 heteroatoms. The van der Waals surface area contributed by atoms with E-state index in [9.17, 15) is 9.59 Å². The third-order valence-electron chi connectivity index (χ3n) is 4.09. The van der Waals surface area contributed by atoms with Crippen molar-refractivity contribution < 1.29 is 9.59 Å². The monoisotopic (exact) mass is 429 g/mol. The normalized spacial score (nSPS) is 10.8. The summed E-state index contributed by atoms with van der Waals surface area (Å²) in [6.45, 7) is 6.03. The van der Waals surface area contributed by atoms with E-state index in [1.807, 2.05) is 24.3 Å². The molecule has 0 spiro atoms. The molecule has 0 unspecified atom stereocenters. The van der Waals surface area contributed by atoms with Crippen LogP contribution in [0.2, 0.25) is 5.02 Å². The Balaban J connectivity index is 1.95. The van der Waals surface area contributed by atoms with Gasteiger partial charge in [0.2, 0.25) is 11.8 Å². The maximum absolute atomic E-state index is 12.1. The van der Waals surface area contributed by atoms with Gasteiger partial charge in [0.05, 0.1) is 10.7 Å². The molecule has 2 aromatic carbocycles. The van der Waals surface area contributed by atoms with Crippen LogP contribution in [-0.4, -0.2) is 16.9 Å². The molecule has 0 aromatic heterocycles. The fourth-order valence-corrected chi connectivity index (χ4v) is 2.79. The molecule has 0 aliphatic heterocycles. The molecule has 2 aromatic rings. The van der Waals surface area contributed by atoms with Crippen LogP contribution in [-0.2, 0) is 9.59 Å². The molecule has 0 atom stereocenters. The Labute approximate surface area is 181 Å². The Morgan fingerprint density at radius 3 is 2.41 bits per heavy atom. The predicted molar refractivity (Wildman–Crippen MR) is 124 cm³/mol. The second-order valence-corrected chi connectivity index (χ2v) is 7.51. The van der Waals surface area contributed by atoms with E-state index in [1.165, 1.54) is 11.6 Å². The molecule has 3 N–H and O–H groups in total. The van der Waals surface area contributed by atoms with Crippen molar-refractivity contribution in [3.05, 3.63) is 64.7 Å². The third-order valence-corrected chi connectivity index (χ3v) is 4.62. The van der Waals surface area contributed by atoms with E-state index < -0.39 is 0 Å². The average molecular weight is 430 g/mol. The molecule has 0 radical (unpaired) electrons. The van der Waals surface area contributed by atoms with Crippen LogP contribution in [0.3, 0.4) is 0 Å². The largest absolute Gasteiger partial charge is 0.331 e. The lowest BCUT2D eigenvalue weighted by Gasteiger charge is -2.12. The van der Waals surface area contributed by atoms with Crippen LogP contribution in [0.25, 0.3) is 6.08 Å². The van der Waals surface area contributed by atoms with Crippen LogP contribution in [0.5, 0.6) is 0 Å². The maximum atomic E-state index is 12.1. The first-order valence-electron chi connectivity index (χ1n) is 9.28. The van der Waals surface area contributed by atoms with Crippen LogP contribution < -0.4 is 16.0 Å². The van der Waals surface area contributed by atoms with Gasteiger partial charge in [0.15, 0.2) is 5.11 Å². The van der Waals surface area contributed by atoms with Gasteiger partial charge in [0.25, 0.3) is 0 Å². The van der Waals surface area contributed by atoms with E-state index in [0.29, 0.717) is 28.7 Å². The molecule has 0 fully saturated rings. The number of carbonyl (C=O) groups excluding carboxylic acids is 2. The Kier molecular flexibility index (Phi) is 8.36. The zero-order valence-corrected chi connectivity index (χ0v) is 18.2. The van der Waals surface area contributed by atoms with E-state index in [2.05, 4.69) is 29.8 Å². The molecule has 0 saturated heterocycles. The third kappa shape index (κ3) is 7.33. The highest BCUT2D eigenvalue weighted by Crippen LogP contribution is 2.25. The second kappa shape index (κ2) is 10.7. The Morgan fingerprint density at radius 1 is 1.10 bits per heavy atom. The summed E-state index contributed by atoms with van der Waals surface area (Å²) in [6, 6.07) is 13.0. The van der Waals surface area contributed by atoms with Gasteiger partial charge in [-0.05, 0) is 53.5 Å². The molecule has 0 bridgehead atoms. The smallest absolute Gasteiger partial charge is 0.250 e. The summed E-state index contributed by atoms with van der Waals surface area (Å²) in [5, 5.41) is 8.71. The number of rotatable bonds is 6. The summed E-state index contributed by atoms with van der Waals surface area (Å²) in [5.74, 6) is -0.0110. The van der Waals surface area contributed by atoms with Crippen LogP contribution in [0.1, 0.15) is 44.2 Å². The second-order valence-electron chi connectivity index (χ2n) is 6.69. The summed E-state index contributed by atoms with van der Waals surface area (Å²) < 4.78 is 0. The minimum Gasteiger partial charge on any atom is -0.331 e. The van der Waals surface area contributed by atoms with Gasteiger partial charge in [-0.25, -0.2) is 0 Å². The summed E-state index contributed by atoms with van der Waals surface area (Å²) in [4.78, 5) is 23.6. The quantitative estimate of drug-likeness (QED) is 0.428. The molecule has 0 heterocycles. The molecule has 5 nitrogen and oxygen atoms in total. The summed E-state index contributed by atoms with van der Waals surface area (Å²) >= 11 is 11.3. The van der Waals surface area contributed by atoms with Crippen molar-refractivity contribution in [2.24, 2.45) is 0 Å². The first kappa shape index (κ1) is 22.6. The number of nitrogens with one attached hydrogen (secondary N) is 3. The zero-order valence-electron chi connectivity index (χ0n) is 16.6. The van der Waals surface area contributed by atoms with E-state index >= 15 is 0 Å². The number of thiocarbonyl (C=S) groups is 1. The van der Waals surface area contributed by atoms with Crippen molar-refractivity contribution >= 4 is 58.2 Å². The van der Waals surface area contributed by atoms with Gasteiger partial charge < -0.3 is 10.6 Å². The van der Waals surface area contributed by atoms with Gasteiger partial charge >= 0.3 is 0 Å². The standard InChI is InChI=1S/C22H24ClN3O2S/c1-4-20(27)24-17-10-11-18(23)19(13-17)25-22(29)26-21(28)12-7-15-5-8-16(9-6-15)14(2)3/h5-14H,4H2,1-3H3,(H,24,27)(H2,25,26,28,29). The lowest BCUT2D eigenvalue weighted by Crippen LogP contribution is -2.32. The van der Waals surface area contributed by atoms with E-state index in [-0.39, 0.29) is 16.9 Å². The van der Waals surface area contributed by atoms with Crippen molar-refractivity contribution in [2.75, 3.05) is 10.6 Å². The highest BCUT2D eigenvalue weighted by atomic mass is 35.5. The minimum atomic E-state index is -0.359. The van der Waals surface area contributed by atoms with Gasteiger partial charge in [0, 0.05) is 18.2 Å². The first-order chi connectivity index (χ1) is 13.8. The van der Waals surface area contributed by atoms with E-state index in [1.54, 1.807) is 31.2 Å². The Bertz CT molecular complexity index is 924. The van der Waals surface area contributed by atoms with Crippen molar-refractivity contribution in [1.29, 1.82) is 0 Å².